The lowest BCUT2D eigenvalue weighted by Crippen LogP contribution is -2.47. The minimum absolute atomic E-state index is 0.0680. The molecule has 19 heavy (non-hydrogen) atoms. The molecule has 1 aromatic rings. The van der Waals surface area contributed by atoms with Crippen molar-refractivity contribution in [3.8, 4) is 0 Å². The predicted molar refractivity (Wildman–Crippen MR) is 72.7 cm³/mol. The van der Waals surface area contributed by atoms with Crippen LogP contribution >= 0.6 is 0 Å². The molecule has 0 unspecified atom stereocenters. The first-order valence-electron chi connectivity index (χ1n) is 6.66. The average molecular weight is 264 g/mol. The van der Waals surface area contributed by atoms with Gasteiger partial charge in [0.1, 0.15) is 0 Å². The van der Waals surface area contributed by atoms with Crippen molar-refractivity contribution in [3.63, 3.8) is 0 Å². The fourth-order valence-electron chi connectivity index (χ4n) is 2.29. The molecule has 0 atom stereocenters. The molecule has 1 aromatic heterocycles. The van der Waals surface area contributed by atoms with E-state index in [1.165, 1.54) is 6.07 Å². The second kappa shape index (κ2) is 5.97. The summed E-state index contributed by atoms with van der Waals surface area (Å²) < 4.78 is 0. The van der Waals surface area contributed by atoms with Crippen molar-refractivity contribution in [3.05, 3.63) is 17.5 Å². The van der Waals surface area contributed by atoms with Crippen molar-refractivity contribution in [1.29, 1.82) is 0 Å². The molecule has 0 saturated carbocycles. The van der Waals surface area contributed by atoms with Crippen LogP contribution in [-0.4, -0.2) is 58.7 Å². The fraction of sp³-hybridized carbons (Fsp3) is 0.615. The Morgan fingerprint density at radius 2 is 2.00 bits per heavy atom. The van der Waals surface area contributed by atoms with Crippen LogP contribution in [-0.2, 0) is 0 Å². The van der Waals surface area contributed by atoms with Gasteiger partial charge in [-0.25, -0.2) is 14.8 Å². The number of aryl methyl sites for hydroxylation is 1. The summed E-state index contributed by atoms with van der Waals surface area (Å²) in [5, 5.41) is 9.03. The van der Waals surface area contributed by atoms with Crippen LogP contribution in [0.3, 0.4) is 0 Å². The van der Waals surface area contributed by atoms with Crippen LogP contribution in [0.15, 0.2) is 6.07 Å². The lowest BCUT2D eigenvalue weighted by atomic mass is 10.3. The summed E-state index contributed by atoms with van der Waals surface area (Å²) in [7, 11) is 0. The van der Waals surface area contributed by atoms with Crippen molar-refractivity contribution in [1.82, 2.24) is 14.9 Å². The summed E-state index contributed by atoms with van der Waals surface area (Å²) in [5.74, 6) is -0.468. The van der Waals surface area contributed by atoms with Crippen molar-refractivity contribution in [2.45, 2.75) is 20.3 Å². The van der Waals surface area contributed by atoms with Crippen LogP contribution in [0, 0.1) is 6.92 Å². The van der Waals surface area contributed by atoms with Gasteiger partial charge in [-0.1, -0.05) is 6.92 Å². The maximum Gasteiger partial charge on any atom is 0.354 e. The molecule has 6 heteroatoms. The molecule has 2 heterocycles. The number of hydrogen-bond donors (Lipinski definition) is 1. The highest BCUT2D eigenvalue weighted by molar-refractivity contribution is 5.85. The minimum atomic E-state index is -1.00. The third-order valence-electron chi connectivity index (χ3n) is 3.26. The third-order valence-corrected chi connectivity index (χ3v) is 3.26. The summed E-state index contributed by atoms with van der Waals surface area (Å²) in [6.45, 7) is 8.75. The highest BCUT2D eigenvalue weighted by atomic mass is 16.4. The maximum atomic E-state index is 11.0. The number of carboxylic acids is 1. The van der Waals surface area contributed by atoms with E-state index in [0.29, 0.717) is 11.6 Å². The molecule has 0 aliphatic carbocycles. The van der Waals surface area contributed by atoms with Crippen LogP contribution in [0.2, 0.25) is 0 Å². The van der Waals surface area contributed by atoms with Crippen molar-refractivity contribution in [2.24, 2.45) is 0 Å². The number of piperazine rings is 1. The van der Waals surface area contributed by atoms with Gasteiger partial charge in [0, 0.05) is 31.9 Å². The molecule has 2 rings (SSSR count). The minimum Gasteiger partial charge on any atom is -0.477 e. The van der Waals surface area contributed by atoms with Crippen molar-refractivity contribution in [2.75, 3.05) is 37.6 Å². The Morgan fingerprint density at radius 1 is 1.32 bits per heavy atom. The summed E-state index contributed by atoms with van der Waals surface area (Å²) in [6, 6.07) is 1.50. The van der Waals surface area contributed by atoms with E-state index in [1.54, 1.807) is 6.92 Å². The van der Waals surface area contributed by atoms with Crippen molar-refractivity contribution < 1.29 is 9.90 Å². The Labute approximate surface area is 113 Å². The van der Waals surface area contributed by atoms with Crippen molar-refractivity contribution >= 4 is 11.9 Å². The second-order valence-corrected chi connectivity index (χ2v) is 4.83. The molecule has 0 spiro atoms. The number of hydrogen-bond acceptors (Lipinski definition) is 5. The van der Waals surface area contributed by atoms with E-state index in [0.717, 1.165) is 39.1 Å². The average Bonchev–Trinajstić information content (AvgIpc) is 2.39. The number of rotatable bonds is 4. The van der Waals surface area contributed by atoms with Crippen LogP contribution in [0.5, 0.6) is 0 Å². The summed E-state index contributed by atoms with van der Waals surface area (Å²) in [4.78, 5) is 23.9. The Kier molecular flexibility index (Phi) is 4.31. The standard InChI is InChI=1S/C13H20N4O2/c1-3-4-16-5-7-17(8-6-16)13-14-10(2)9-11(15-13)12(18)19/h9H,3-8H2,1-2H3,(H,18,19). The van der Waals surface area contributed by atoms with E-state index in [9.17, 15) is 4.79 Å². The van der Waals surface area contributed by atoms with Gasteiger partial charge < -0.3 is 10.0 Å². The van der Waals surface area contributed by atoms with Gasteiger partial charge in [-0.2, -0.15) is 0 Å². The van der Waals surface area contributed by atoms with E-state index in [4.69, 9.17) is 5.11 Å². The molecule has 1 N–H and O–H groups in total. The van der Waals surface area contributed by atoms with Gasteiger partial charge >= 0.3 is 5.97 Å². The van der Waals surface area contributed by atoms with Crippen LogP contribution in [0.1, 0.15) is 29.5 Å². The van der Waals surface area contributed by atoms with Gasteiger partial charge in [0.15, 0.2) is 5.69 Å². The third kappa shape index (κ3) is 3.41. The first kappa shape index (κ1) is 13.7. The van der Waals surface area contributed by atoms with Crippen LogP contribution in [0.25, 0.3) is 0 Å². The topological polar surface area (TPSA) is 69.6 Å². The molecule has 0 radical (unpaired) electrons. The van der Waals surface area contributed by atoms with Gasteiger partial charge in [0.2, 0.25) is 5.95 Å². The summed E-state index contributed by atoms with van der Waals surface area (Å²) in [6.07, 6.45) is 1.16. The van der Waals surface area contributed by atoms with Crippen LogP contribution < -0.4 is 4.90 Å². The van der Waals surface area contributed by atoms with Gasteiger partial charge in [-0.05, 0) is 26.0 Å². The number of aromatic nitrogens is 2. The number of aromatic carboxylic acids is 1. The highest BCUT2D eigenvalue weighted by Crippen LogP contribution is 2.13. The molecule has 1 fully saturated rings. The highest BCUT2D eigenvalue weighted by Gasteiger charge is 2.19. The molecule has 0 bridgehead atoms. The summed E-state index contributed by atoms with van der Waals surface area (Å²) >= 11 is 0. The van der Waals surface area contributed by atoms with Crippen LogP contribution in [0.4, 0.5) is 5.95 Å². The normalized spacial score (nSPS) is 16.6. The van der Waals surface area contributed by atoms with Gasteiger partial charge in [0.05, 0.1) is 0 Å². The Morgan fingerprint density at radius 3 is 2.58 bits per heavy atom. The van der Waals surface area contributed by atoms with E-state index in [1.807, 2.05) is 0 Å². The quantitative estimate of drug-likeness (QED) is 0.875. The number of carboxylic acid groups (broad SMARTS) is 1. The molecule has 0 aromatic carbocycles. The maximum absolute atomic E-state index is 11.0. The monoisotopic (exact) mass is 264 g/mol. The fourth-order valence-corrected chi connectivity index (χ4v) is 2.29. The zero-order chi connectivity index (χ0) is 13.8. The number of nitrogens with zero attached hydrogens (tertiary/aromatic N) is 4. The molecular formula is C13H20N4O2. The van der Waals surface area contributed by atoms with Gasteiger partial charge in [-0.15, -0.1) is 0 Å². The summed E-state index contributed by atoms with van der Waals surface area (Å²) in [5.41, 5.74) is 0.761. The molecular weight excluding hydrogens is 244 g/mol. The van der Waals surface area contributed by atoms with E-state index < -0.39 is 5.97 Å². The zero-order valence-electron chi connectivity index (χ0n) is 11.5. The Balaban J connectivity index is 2.09. The molecule has 104 valence electrons. The van der Waals surface area contributed by atoms with E-state index in [2.05, 4.69) is 26.7 Å². The smallest absolute Gasteiger partial charge is 0.354 e. The first-order valence-corrected chi connectivity index (χ1v) is 6.66. The molecule has 0 amide bonds. The second-order valence-electron chi connectivity index (χ2n) is 4.83. The Hall–Kier alpha value is -1.69. The SMILES string of the molecule is CCCN1CCN(c2nc(C)cc(C(=O)O)n2)CC1. The number of carbonyl (C=O) groups is 1. The lowest BCUT2D eigenvalue weighted by Gasteiger charge is -2.34. The van der Waals surface area contributed by atoms with Gasteiger partial charge in [-0.3, -0.25) is 4.90 Å². The molecule has 6 nitrogen and oxygen atoms in total. The molecule has 1 aliphatic rings. The van der Waals surface area contributed by atoms with E-state index in [-0.39, 0.29) is 5.69 Å². The first-order chi connectivity index (χ1) is 9.10. The lowest BCUT2D eigenvalue weighted by molar-refractivity contribution is 0.0690. The predicted octanol–water partition coefficient (Wildman–Crippen LogP) is 1.02. The Bertz CT molecular complexity index is 456. The van der Waals surface area contributed by atoms with E-state index >= 15 is 0 Å². The largest absolute Gasteiger partial charge is 0.477 e. The molecule has 1 aliphatic heterocycles. The zero-order valence-corrected chi connectivity index (χ0v) is 11.5. The van der Waals surface area contributed by atoms with Gasteiger partial charge in [0.25, 0.3) is 0 Å². The molecule has 1 saturated heterocycles. The number of anilines is 1.